The first-order valence-corrected chi connectivity index (χ1v) is 9.80. The Balaban J connectivity index is 2.22. The second-order valence-electron chi connectivity index (χ2n) is 7.21. The standard InChI is InChI=1S/C18H38N2O5/c1-2-3-4-5-6-7-8-9-10-11-16(19)20-18(24)15(12-21)25-13-14(22)17(18)23/h14-17,20-24H,2-13,19H2,1H3/t14-,15+,16+,17+,18+/m0/s1. The van der Waals surface area contributed by atoms with Gasteiger partial charge in [-0.05, 0) is 6.42 Å². The fourth-order valence-electron chi connectivity index (χ4n) is 3.33. The van der Waals surface area contributed by atoms with Crippen molar-refractivity contribution in [3.05, 3.63) is 0 Å². The minimum atomic E-state index is -1.95. The van der Waals surface area contributed by atoms with Gasteiger partial charge in [-0.15, -0.1) is 0 Å². The number of hydrogen-bond donors (Lipinski definition) is 6. The van der Waals surface area contributed by atoms with Crippen LogP contribution in [-0.4, -0.2) is 63.8 Å². The number of aliphatic hydroxyl groups excluding tert-OH is 3. The first-order valence-electron chi connectivity index (χ1n) is 9.80. The number of aliphatic hydroxyl groups is 4. The van der Waals surface area contributed by atoms with Crippen LogP contribution in [0.25, 0.3) is 0 Å². The summed E-state index contributed by atoms with van der Waals surface area (Å²) >= 11 is 0. The van der Waals surface area contributed by atoms with Gasteiger partial charge in [0.1, 0.15) is 18.3 Å². The Hall–Kier alpha value is -0.280. The van der Waals surface area contributed by atoms with E-state index in [4.69, 9.17) is 10.5 Å². The van der Waals surface area contributed by atoms with Crippen molar-refractivity contribution < 1.29 is 25.2 Å². The summed E-state index contributed by atoms with van der Waals surface area (Å²) in [5.41, 5.74) is 4.06. The lowest BCUT2D eigenvalue weighted by atomic mass is 9.92. The molecule has 0 bridgehead atoms. The molecule has 5 atom stereocenters. The summed E-state index contributed by atoms with van der Waals surface area (Å²) in [6.07, 6.45) is 7.29. The van der Waals surface area contributed by atoms with Gasteiger partial charge in [0.15, 0.2) is 5.72 Å². The molecule has 7 N–H and O–H groups in total. The molecule has 0 amide bonds. The normalized spacial score (nSPS) is 31.2. The Morgan fingerprint density at radius 1 is 1.08 bits per heavy atom. The van der Waals surface area contributed by atoms with Crippen LogP contribution in [0.2, 0.25) is 0 Å². The maximum absolute atomic E-state index is 10.6. The number of nitrogens with two attached hydrogens (primary N) is 1. The van der Waals surface area contributed by atoms with Crippen molar-refractivity contribution in [2.45, 2.75) is 101 Å². The fraction of sp³-hybridized carbons (Fsp3) is 1.00. The molecule has 1 rings (SSSR count). The molecule has 0 aromatic heterocycles. The van der Waals surface area contributed by atoms with Gasteiger partial charge in [0.25, 0.3) is 0 Å². The minimum absolute atomic E-state index is 0.135. The van der Waals surface area contributed by atoms with E-state index in [9.17, 15) is 20.4 Å². The average molecular weight is 363 g/mol. The molecule has 0 spiro atoms. The van der Waals surface area contributed by atoms with Gasteiger partial charge < -0.3 is 30.9 Å². The largest absolute Gasteiger partial charge is 0.393 e. The van der Waals surface area contributed by atoms with Crippen LogP contribution >= 0.6 is 0 Å². The molecule has 0 aliphatic carbocycles. The predicted molar refractivity (Wildman–Crippen MR) is 96.7 cm³/mol. The maximum Gasteiger partial charge on any atom is 0.174 e. The van der Waals surface area contributed by atoms with Gasteiger partial charge in [-0.25, -0.2) is 0 Å². The SMILES string of the molecule is CCCCCCCCCCC[C@H](N)N[C@]1(O)[C@H](O)[C@@H](O)CO[C@@H]1CO. The average Bonchev–Trinajstić information content (AvgIpc) is 2.58. The van der Waals surface area contributed by atoms with Crippen LogP contribution in [0, 0.1) is 0 Å². The first kappa shape index (κ1) is 22.8. The minimum Gasteiger partial charge on any atom is -0.393 e. The Morgan fingerprint density at radius 3 is 2.20 bits per heavy atom. The Morgan fingerprint density at radius 2 is 1.64 bits per heavy atom. The molecule has 7 nitrogen and oxygen atoms in total. The second-order valence-corrected chi connectivity index (χ2v) is 7.21. The van der Waals surface area contributed by atoms with Crippen LogP contribution in [0.4, 0.5) is 0 Å². The molecule has 0 radical (unpaired) electrons. The molecule has 7 heteroatoms. The molecule has 0 unspecified atom stereocenters. The van der Waals surface area contributed by atoms with E-state index in [1.54, 1.807) is 0 Å². The molecular weight excluding hydrogens is 324 g/mol. The number of hydrogen-bond acceptors (Lipinski definition) is 7. The van der Waals surface area contributed by atoms with Crippen molar-refractivity contribution in [1.82, 2.24) is 5.32 Å². The third-order valence-corrected chi connectivity index (χ3v) is 4.98. The van der Waals surface area contributed by atoms with E-state index < -0.39 is 36.8 Å². The topological polar surface area (TPSA) is 128 Å². The smallest absolute Gasteiger partial charge is 0.174 e. The van der Waals surface area contributed by atoms with E-state index in [-0.39, 0.29) is 6.61 Å². The van der Waals surface area contributed by atoms with Gasteiger partial charge in [0.2, 0.25) is 0 Å². The highest BCUT2D eigenvalue weighted by Gasteiger charge is 2.51. The zero-order chi connectivity index (χ0) is 18.7. The Labute approximate surface area is 151 Å². The van der Waals surface area contributed by atoms with E-state index in [2.05, 4.69) is 12.2 Å². The predicted octanol–water partition coefficient (Wildman–Crippen LogP) is 0.583. The molecule has 1 aliphatic heterocycles. The van der Waals surface area contributed by atoms with E-state index in [1.807, 2.05) is 0 Å². The highest BCUT2D eigenvalue weighted by atomic mass is 16.5. The van der Waals surface area contributed by atoms with Crippen molar-refractivity contribution in [1.29, 1.82) is 0 Å². The van der Waals surface area contributed by atoms with Crippen LogP contribution in [0.5, 0.6) is 0 Å². The Bertz CT molecular complexity index is 343. The zero-order valence-corrected chi connectivity index (χ0v) is 15.6. The summed E-state index contributed by atoms with van der Waals surface area (Å²) in [6, 6.07) is 0. The third kappa shape index (κ3) is 7.46. The lowest BCUT2D eigenvalue weighted by molar-refractivity contribution is -0.264. The Kier molecular flexibility index (Phi) is 11.1. The van der Waals surface area contributed by atoms with Crippen LogP contribution in [0.3, 0.4) is 0 Å². The molecule has 0 saturated carbocycles. The van der Waals surface area contributed by atoms with E-state index in [0.29, 0.717) is 6.42 Å². The van der Waals surface area contributed by atoms with E-state index in [0.717, 1.165) is 12.8 Å². The molecule has 1 fully saturated rings. The molecule has 1 aliphatic rings. The van der Waals surface area contributed by atoms with Gasteiger partial charge in [-0.2, -0.15) is 0 Å². The van der Waals surface area contributed by atoms with Crippen molar-refractivity contribution in [3.63, 3.8) is 0 Å². The lowest BCUT2D eigenvalue weighted by Crippen LogP contribution is -2.73. The number of nitrogens with one attached hydrogen (secondary N) is 1. The van der Waals surface area contributed by atoms with Gasteiger partial charge in [-0.3, -0.25) is 5.32 Å². The first-order chi connectivity index (χ1) is 12.0. The second kappa shape index (κ2) is 12.2. The highest BCUT2D eigenvalue weighted by molar-refractivity contribution is 4.99. The molecule has 1 heterocycles. The van der Waals surface area contributed by atoms with Crippen LogP contribution in [0.1, 0.15) is 71.1 Å². The van der Waals surface area contributed by atoms with Gasteiger partial charge in [0, 0.05) is 0 Å². The van der Waals surface area contributed by atoms with Crippen molar-refractivity contribution in [2.24, 2.45) is 5.73 Å². The molecule has 1 saturated heterocycles. The van der Waals surface area contributed by atoms with Crippen LogP contribution in [0.15, 0.2) is 0 Å². The van der Waals surface area contributed by atoms with Crippen molar-refractivity contribution in [3.8, 4) is 0 Å². The van der Waals surface area contributed by atoms with E-state index >= 15 is 0 Å². The monoisotopic (exact) mass is 362 g/mol. The van der Waals surface area contributed by atoms with Gasteiger partial charge in [0.05, 0.1) is 19.4 Å². The highest BCUT2D eigenvalue weighted by Crippen LogP contribution is 2.25. The summed E-state index contributed by atoms with van der Waals surface area (Å²) in [5, 5.41) is 42.4. The van der Waals surface area contributed by atoms with Crippen molar-refractivity contribution >= 4 is 0 Å². The quantitative estimate of drug-likeness (QED) is 0.209. The summed E-state index contributed by atoms with van der Waals surface area (Å²) in [7, 11) is 0. The van der Waals surface area contributed by atoms with E-state index in [1.165, 1.54) is 44.9 Å². The van der Waals surface area contributed by atoms with Crippen molar-refractivity contribution in [2.75, 3.05) is 13.2 Å². The molecule has 0 aromatic carbocycles. The molecule has 0 aromatic rings. The summed E-state index contributed by atoms with van der Waals surface area (Å²) < 4.78 is 5.20. The third-order valence-electron chi connectivity index (χ3n) is 4.98. The molecular formula is C18H38N2O5. The summed E-state index contributed by atoms with van der Waals surface area (Å²) in [6.45, 7) is 1.61. The molecule has 25 heavy (non-hydrogen) atoms. The number of unbranched alkanes of at least 4 members (excludes halogenated alkanes) is 8. The summed E-state index contributed by atoms with van der Waals surface area (Å²) in [4.78, 5) is 0. The molecule has 150 valence electrons. The number of rotatable bonds is 13. The maximum atomic E-state index is 10.6. The van der Waals surface area contributed by atoms with Crippen LogP contribution < -0.4 is 11.1 Å². The summed E-state index contributed by atoms with van der Waals surface area (Å²) in [5.74, 6) is 0. The van der Waals surface area contributed by atoms with Crippen LogP contribution in [-0.2, 0) is 4.74 Å². The number of ether oxygens (including phenoxy) is 1. The lowest BCUT2D eigenvalue weighted by Gasteiger charge is -2.46. The van der Waals surface area contributed by atoms with Gasteiger partial charge in [-0.1, -0.05) is 64.7 Å². The zero-order valence-electron chi connectivity index (χ0n) is 15.6. The fourth-order valence-corrected chi connectivity index (χ4v) is 3.33. The van der Waals surface area contributed by atoms with Gasteiger partial charge >= 0.3 is 0 Å².